The van der Waals surface area contributed by atoms with Crippen LogP contribution in [0.3, 0.4) is 0 Å². The minimum atomic E-state index is -1.13. The summed E-state index contributed by atoms with van der Waals surface area (Å²) in [7, 11) is -1.06. The second-order valence-electron chi connectivity index (χ2n) is 6.72. The molecular formula is C22H20FNO4S. The van der Waals surface area contributed by atoms with Crippen molar-refractivity contribution >= 4 is 39.9 Å². The quantitative estimate of drug-likeness (QED) is 0.760. The normalized spacial score (nSPS) is 15.3. The minimum Gasteiger partial charge on any atom is -0.480 e. The van der Waals surface area contributed by atoms with Gasteiger partial charge in [0, 0.05) is 22.0 Å². The highest BCUT2D eigenvalue weighted by atomic mass is 32.2. The van der Waals surface area contributed by atoms with Crippen LogP contribution in [-0.4, -0.2) is 34.0 Å². The first-order valence-corrected chi connectivity index (χ1v) is 10.5. The Hall–Kier alpha value is -3.06. The third-order valence-electron chi connectivity index (χ3n) is 4.75. The molecule has 3 rings (SSSR count). The summed E-state index contributed by atoms with van der Waals surface area (Å²) in [6, 6.07) is 11.7. The number of amides is 1. The zero-order valence-electron chi connectivity index (χ0n) is 16.0. The van der Waals surface area contributed by atoms with Gasteiger partial charge in [0.1, 0.15) is 12.4 Å². The molecule has 0 saturated carbocycles. The highest BCUT2D eigenvalue weighted by Gasteiger charge is 2.25. The Balaban J connectivity index is 1.99. The van der Waals surface area contributed by atoms with Crippen LogP contribution in [-0.2, 0) is 20.4 Å². The van der Waals surface area contributed by atoms with Crippen molar-refractivity contribution in [2.45, 2.75) is 18.2 Å². The number of rotatable bonds is 6. The number of nitrogens with one attached hydrogen (secondary N) is 1. The summed E-state index contributed by atoms with van der Waals surface area (Å²) in [5, 5.41) is 11.1. The summed E-state index contributed by atoms with van der Waals surface area (Å²) in [6.07, 6.45) is 3.51. The molecule has 7 heteroatoms. The molecule has 0 fully saturated rings. The van der Waals surface area contributed by atoms with Crippen LogP contribution in [0.25, 0.3) is 17.2 Å². The number of allylic oxidation sites excluding steroid dienone is 2. The van der Waals surface area contributed by atoms with E-state index in [0.717, 1.165) is 27.2 Å². The average molecular weight is 413 g/mol. The SMILES string of the molecule is CC1=C(CC(=O)NCC(=O)O)c2cc(F)ccc2/C1=C\c1ccc([S@](C)=O)cc1. The number of hydrogen-bond donors (Lipinski definition) is 2. The van der Waals surface area contributed by atoms with Crippen molar-refractivity contribution in [2.75, 3.05) is 12.8 Å². The molecule has 0 heterocycles. The summed E-state index contributed by atoms with van der Waals surface area (Å²) >= 11 is 0. The Morgan fingerprint density at radius 2 is 1.83 bits per heavy atom. The zero-order chi connectivity index (χ0) is 21.1. The van der Waals surface area contributed by atoms with E-state index in [9.17, 15) is 18.2 Å². The van der Waals surface area contributed by atoms with E-state index < -0.39 is 35.0 Å². The molecule has 0 radical (unpaired) electrons. The Kier molecular flexibility index (Phi) is 6.08. The number of halogens is 1. The molecule has 5 nitrogen and oxygen atoms in total. The van der Waals surface area contributed by atoms with Gasteiger partial charge in [0.2, 0.25) is 5.91 Å². The number of fused-ring (bicyclic) bond motifs is 1. The van der Waals surface area contributed by atoms with Crippen LogP contribution in [0.2, 0.25) is 0 Å². The molecule has 150 valence electrons. The van der Waals surface area contributed by atoms with Gasteiger partial charge in [-0.2, -0.15) is 0 Å². The number of hydrogen-bond acceptors (Lipinski definition) is 3. The number of carboxylic acid groups (broad SMARTS) is 1. The van der Waals surface area contributed by atoms with Gasteiger partial charge in [-0.1, -0.05) is 18.2 Å². The first kappa shape index (κ1) is 20.7. The molecule has 1 atom stereocenters. The van der Waals surface area contributed by atoms with Gasteiger partial charge in [0.05, 0.1) is 6.42 Å². The second-order valence-corrected chi connectivity index (χ2v) is 8.10. The summed E-state index contributed by atoms with van der Waals surface area (Å²) in [5.41, 5.74) is 4.70. The monoisotopic (exact) mass is 413 g/mol. The molecule has 0 spiro atoms. The highest BCUT2D eigenvalue weighted by molar-refractivity contribution is 7.84. The van der Waals surface area contributed by atoms with Crippen molar-refractivity contribution in [3.63, 3.8) is 0 Å². The molecule has 0 aromatic heterocycles. The van der Waals surface area contributed by atoms with Gasteiger partial charge >= 0.3 is 5.97 Å². The van der Waals surface area contributed by atoms with Gasteiger partial charge in [0.25, 0.3) is 0 Å². The standard InChI is InChI=1S/C22H20FNO4S/c1-13-18(9-14-3-6-16(7-4-14)29(2)28)17-8-5-15(23)10-20(17)19(13)11-21(25)24-12-22(26)27/h3-10H,11-12H2,1-2H3,(H,24,25)(H,26,27)/b18-9-/t29-/m0/s1. The largest absolute Gasteiger partial charge is 0.480 e. The summed E-state index contributed by atoms with van der Waals surface area (Å²) in [6.45, 7) is 1.40. The van der Waals surface area contributed by atoms with Gasteiger partial charge in [-0.05, 0) is 70.7 Å². The summed E-state index contributed by atoms with van der Waals surface area (Å²) in [5.74, 6) is -1.97. The van der Waals surface area contributed by atoms with Crippen molar-refractivity contribution in [1.82, 2.24) is 5.32 Å². The molecule has 2 aromatic rings. The van der Waals surface area contributed by atoms with E-state index in [4.69, 9.17) is 5.11 Å². The van der Waals surface area contributed by atoms with Gasteiger partial charge in [0.15, 0.2) is 0 Å². The number of benzene rings is 2. The average Bonchev–Trinajstić information content (AvgIpc) is 2.92. The van der Waals surface area contributed by atoms with Crippen molar-refractivity contribution in [3.8, 4) is 0 Å². The molecule has 1 aliphatic rings. The fourth-order valence-electron chi connectivity index (χ4n) is 3.30. The Bertz CT molecular complexity index is 1070. The summed E-state index contributed by atoms with van der Waals surface area (Å²) in [4.78, 5) is 23.6. The molecule has 0 saturated heterocycles. The predicted octanol–water partition coefficient (Wildman–Crippen LogP) is 3.48. The van der Waals surface area contributed by atoms with Gasteiger partial charge < -0.3 is 10.4 Å². The van der Waals surface area contributed by atoms with Gasteiger partial charge in [-0.15, -0.1) is 0 Å². The maximum Gasteiger partial charge on any atom is 0.322 e. The van der Waals surface area contributed by atoms with Gasteiger partial charge in [-0.3, -0.25) is 13.8 Å². The molecule has 0 aliphatic heterocycles. The molecule has 0 unspecified atom stereocenters. The Morgan fingerprint density at radius 1 is 1.14 bits per heavy atom. The van der Waals surface area contributed by atoms with E-state index >= 15 is 0 Å². The maximum absolute atomic E-state index is 13.9. The lowest BCUT2D eigenvalue weighted by atomic mass is 10.0. The van der Waals surface area contributed by atoms with Gasteiger partial charge in [-0.25, -0.2) is 4.39 Å². The van der Waals surface area contributed by atoms with Crippen LogP contribution in [0.4, 0.5) is 4.39 Å². The van der Waals surface area contributed by atoms with Crippen LogP contribution in [0.5, 0.6) is 0 Å². The van der Waals surface area contributed by atoms with Crippen molar-refractivity contribution in [2.24, 2.45) is 0 Å². The van der Waals surface area contributed by atoms with E-state index in [1.807, 2.05) is 25.1 Å². The fraction of sp³-hybridized carbons (Fsp3) is 0.182. The van der Waals surface area contributed by atoms with E-state index in [1.165, 1.54) is 12.1 Å². The smallest absolute Gasteiger partial charge is 0.322 e. The molecule has 1 amide bonds. The Labute approximate surface area is 170 Å². The minimum absolute atomic E-state index is 0.0410. The Morgan fingerprint density at radius 3 is 2.45 bits per heavy atom. The molecule has 1 aliphatic carbocycles. The lowest BCUT2D eigenvalue weighted by Crippen LogP contribution is -2.29. The fourth-order valence-corrected chi connectivity index (χ4v) is 3.82. The molecule has 0 bridgehead atoms. The van der Waals surface area contributed by atoms with Crippen LogP contribution in [0, 0.1) is 5.82 Å². The second kappa shape index (κ2) is 8.53. The van der Waals surface area contributed by atoms with Crippen LogP contribution in [0.15, 0.2) is 52.9 Å². The van der Waals surface area contributed by atoms with E-state index in [0.29, 0.717) is 11.1 Å². The molecule has 29 heavy (non-hydrogen) atoms. The van der Waals surface area contributed by atoms with Crippen LogP contribution in [0.1, 0.15) is 30.0 Å². The van der Waals surface area contributed by atoms with Crippen LogP contribution < -0.4 is 5.32 Å². The van der Waals surface area contributed by atoms with Crippen LogP contribution >= 0.6 is 0 Å². The first-order chi connectivity index (χ1) is 13.8. The lowest BCUT2D eigenvalue weighted by molar-refractivity contribution is -0.137. The zero-order valence-corrected chi connectivity index (χ0v) is 16.8. The number of carbonyl (C=O) groups excluding carboxylic acids is 1. The topological polar surface area (TPSA) is 83.5 Å². The number of aliphatic carboxylic acids is 1. The van der Waals surface area contributed by atoms with E-state index in [1.54, 1.807) is 24.5 Å². The lowest BCUT2D eigenvalue weighted by Gasteiger charge is -2.07. The van der Waals surface area contributed by atoms with E-state index in [-0.39, 0.29) is 6.42 Å². The number of carboxylic acids is 1. The first-order valence-electron chi connectivity index (χ1n) is 8.90. The third-order valence-corrected chi connectivity index (χ3v) is 5.69. The maximum atomic E-state index is 13.9. The third kappa shape index (κ3) is 4.68. The predicted molar refractivity (Wildman–Crippen MR) is 111 cm³/mol. The van der Waals surface area contributed by atoms with E-state index in [2.05, 4.69) is 5.32 Å². The molecular weight excluding hydrogens is 393 g/mol. The molecule has 2 N–H and O–H groups in total. The van der Waals surface area contributed by atoms with Crippen molar-refractivity contribution in [3.05, 3.63) is 70.5 Å². The highest BCUT2D eigenvalue weighted by Crippen LogP contribution is 2.43. The van der Waals surface area contributed by atoms with Crippen molar-refractivity contribution < 1.29 is 23.3 Å². The van der Waals surface area contributed by atoms with Crippen molar-refractivity contribution in [1.29, 1.82) is 0 Å². The summed E-state index contributed by atoms with van der Waals surface area (Å²) < 4.78 is 25.4. The molecule has 2 aromatic carbocycles. The number of carbonyl (C=O) groups is 2.